The van der Waals surface area contributed by atoms with Crippen LogP contribution in [0.1, 0.15) is 19.5 Å². The molecule has 7 heteroatoms. The number of ether oxygens (including phenoxy) is 2. The molecule has 0 spiro atoms. The molecule has 0 aliphatic heterocycles. The molecule has 0 radical (unpaired) electrons. The number of hydrogen-bond acceptors (Lipinski definition) is 7. The van der Waals surface area contributed by atoms with Crippen molar-refractivity contribution in [2.45, 2.75) is 26.9 Å². The van der Waals surface area contributed by atoms with E-state index < -0.39 is 0 Å². The molecule has 19 heavy (non-hydrogen) atoms. The predicted octanol–water partition coefficient (Wildman–Crippen LogP) is 1.74. The summed E-state index contributed by atoms with van der Waals surface area (Å²) in [5.74, 6) is 0.562. The molecule has 0 aliphatic carbocycles. The zero-order valence-corrected chi connectivity index (χ0v) is 11.0. The molecule has 2 N–H and O–H groups in total. The van der Waals surface area contributed by atoms with Crippen LogP contribution in [0, 0.1) is 6.92 Å². The van der Waals surface area contributed by atoms with E-state index >= 15 is 0 Å². The van der Waals surface area contributed by atoms with Crippen molar-refractivity contribution in [1.29, 1.82) is 0 Å². The molecule has 0 saturated carbocycles. The van der Waals surface area contributed by atoms with Crippen LogP contribution in [-0.4, -0.2) is 26.0 Å². The minimum absolute atomic E-state index is 0.0423. The quantitative estimate of drug-likeness (QED) is 0.895. The maximum Gasteiger partial charge on any atom is 0.330 e. The number of nitrogen functional groups attached to an aromatic ring is 1. The number of aromatic nitrogens is 4. The Kier molecular flexibility index (Phi) is 3.74. The van der Waals surface area contributed by atoms with Crippen LogP contribution in [0.5, 0.6) is 17.8 Å². The van der Waals surface area contributed by atoms with Gasteiger partial charge in [-0.3, -0.25) is 4.98 Å². The van der Waals surface area contributed by atoms with Gasteiger partial charge in [0.15, 0.2) is 0 Å². The molecule has 100 valence electrons. The third-order valence-electron chi connectivity index (χ3n) is 2.05. The van der Waals surface area contributed by atoms with E-state index in [0.29, 0.717) is 5.75 Å². The van der Waals surface area contributed by atoms with E-state index in [-0.39, 0.29) is 24.1 Å². The molecule has 0 bridgehead atoms. The van der Waals surface area contributed by atoms with Crippen LogP contribution < -0.4 is 15.2 Å². The summed E-state index contributed by atoms with van der Waals surface area (Å²) in [4.78, 5) is 15.9. The lowest BCUT2D eigenvalue weighted by Crippen LogP contribution is -2.11. The predicted molar refractivity (Wildman–Crippen MR) is 69.1 cm³/mol. The van der Waals surface area contributed by atoms with Gasteiger partial charge in [0.1, 0.15) is 5.75 Å². The largest absolute Gasteiger partial charge is 0.461 e. The molecule has 0 aromatic carbocycles. The van der Waals surface area contributed by atoms with Crippen LogP contribution in [0.15, 0.2) is 18.3 Å². The second-order valence-electron chi connectivity index (χ2n) is 4.16. The SMILES string of the molecule is Cc1ccc(Oc2nc(N)nc(OC(C)C)n2)cn1. The monoisotopic (exact) mass is 261 g/mol. The molecule has 0 amide bonds. The maximum atomic E-state index is 5.58. The minimum Gasteiger partial charge on any atom is -0.461 e. The first-order valence-corrected chi connectivity index (χ1v) is 5.81. The fourth-order valence-electron chi connectivity index (χ4n) is 1.28. The fourth-order valence-corrected chi connectivity index (χ4v) is 1.28. The molecule has 0 unspecified atom stereocenters. The van der Waals surface area contributed by atoms with E-state index in [1.807, 2.05) is 26.8 Å². The second-order valence-corrected chi connectivity index (χ2v) is 4.16. The molecular weight excluding hydrogens is 246 g/mol. The number of hydrogen-bond donors (Lipinski definition) is 1. The number of rotatable bonds is 4. The van der Waals surface area contributed by atoms with Gasteiger partial charge in [-0.05, 0) is 32.9 Å². The summed E-state index contributed by atoms with van der Waals surface area (Å²) in [6.07, 6.45) is 1.52. The smallest absolute Gasteiger partial charge is 0.330 e. The van der Waals surface area contributed by atoms with Crippen LogP contribution >= 0.6 is 0 Å². The number of nitrogens with zero attached hydrogens (tertiary/aromatic N) is 4. The van der Waals surface area contributed by atoms with Gasteiger partial charge in [0.25, 0.3) is 0 Å². The van der Waals surface area contributed by atoms with Crippen LogP contribution in [0.2, 0.25) is 0 Å². The highest BCUT2D eigenvalue weighted by molar-refractivity contribution is 5.26. The van der Waals surface area contributed by atoms with Gasteiger partial charge in [-0.15, -0.1) is 4.98 Å². The summed E-state index contributed by atoms with van der Waals surface area (Å²) in [5.41, 5.74) is 6.47. The average Bonchev–Trinajstić information content (AvgIpc) is 2.30. The standard InChI is InChI=1S/C12H15N5O2/c1-7(2)18-11-15-10(13)16-12(17-11)19-9-5-4-8(3)14-6-9/h4-7H,1-3H3,(H2,13,15,16,17). The molecule has 2 aromatic rings. The van der Waals surface area contributed by atoms with Gasteiger partial charge >= 0.3 is 12.0 Å². The number of anilines is 1. The summed E-state index contributed by atoms with van der Waals surface area (Å²) >= 11 is 0. The van der Waals surface area contributed by atoms with Crippen molar-refractivity contribution in [2.75, 3.05) is 5.73 Å². The zero-order valence-electron chi connectivity index (χ0n) is 11.0. The molecule has 0 saturated heterocycles. The Morgan fingerprint density at radius 3 is 2.47 bits per heavy atom. The van der Waals surface area contributed by atoms with E-state index in [1.165, 1.54) is 0 Å². The van der Waals surface area contributed by atoms with Gasteiger partial charge < -0.3 is 15.2 Å². The van der Waals surface area contributed by atoms with Crippen LogP contribution in [0.25, 0.3) is 0 Å². The van der Waals surface area contributed by atoms with Gasteiger partial charge in [-0.25, -0.2) is 0 Å². The second kappa shape index (κ2) is 5.47. The van der Waals surface area contributed by atoms with E-state index in [4.69, 9.17) is 15.2 Å². The third kappa shape index (κ3) is 3.77. The summed E-state index contributed by atoms with van der Waals surface area (Å²) in [7, 11) is 0. The van der Waals surface area contributed by atoms with Gasteiger partial charge in [0.05, 0.1) is 12.3 Å². The molecular formula is C12H15N5O2. The van der Waals surface area contributed by atoms with Crippen molar-refractivity contribution in [3.8, 4) is 17.8 Å². The molecule has 0 aliphatic rings. The highest BCUT2D eigenvalue weighted by Crippen LogP contribution is 2.19. The highest BCUT2D eigenvalue weighted by atomic mass is 16.5. The van der Waals surface area contributed by atoms with Crippen molar-refractivity contribution >= 4 is 5.95 Å². The van der Waals surface area contributed by atoms with Crippen LogP contribution in [0.3, 0.4) is 0 Å². The first kappa shape index (κ1) is 13.0. The Hall–Kier alpha value is -2.44. The third-order valence-corrected chi connectivity index (χ3v) is 2.05. The topological polar surface area (TPSA) is 96.0 Å². The van der Waals surface area contributed by atoms with Crippen molar-refractivity contribution < 1.29 is 9.47 Å². The van der Waals surface area contributed by atoms with Crippen molar-refractivity contribution in [1.82, 2.24) is 19.9 Å². The van der Waals surface area contributed by atoms with Gasteiger partial charge in [-0.2, -0.15) is 9.97 Å². The average molecular weight is 261 g/mol. The summed E-state index contributed by atoms with van der Waals surface area (Å²) in [5, 5.41) is 0. The normalized spacial score (nSPS) is 10.5. The minimum atomic E-state index is -0.0595. The van der Waals surface area contributed by atoms with Crippen LogP contribution in [-0.2, 0) is 0 Å². The Bertz CT molecular complexity index is 557. The first-order chi connectivity index (χ1) is 9.02. The molecule has 0 fully saturated rings. The van der Waals surface area contributed by atoms with Crippen molar-refractivity contribution in [3.05, 3.63) is 24.0 Å². The van der Waals surface area contributed by atoms with Crippen molar-refractivity contribution in [2.24, 2.45) is 0 Å². The van der Waals surface area contributed by atoms with E-state index in [2.05, 4.69) is 19.9 Å². The summed E-state index contributed by atoms with van der Waals surface area (Å²) in [6, 6.07) is 3.81. The lowest BCUT2D eigenvalue weighted by atomic mass is 10.4. The van der Waals surface area contributed by atoms with E-state index in [1.54, 1.807) is 12.3 Å². The fraction of sp³-hybridized carbons (Fsp3) is 0.333. The molecule has 2 aromatic heterocycles. The number of pyridine rings is 1. The van der Waals surface area contributed by atoms with Gasteiger partial charge in [0.2, 0.25) is 5.95 Å². The number of nitrogens with two attached hydrogens (primary N) is 1. The Morgan fingerprint density at radius 1 is 1.11 bits per heavy atom. The first-order valence-electron chi connectivity index (χ1n) is 5.81. The van der Waals surface area contributed by atoms with Gasteiger partial charge in [-0.1, -0.05) is 0 Å². The molecule has 2 rings (SSSR count). The maximum absolute atomic E-state index is 5.58. The van der Waals surface area contributed by atoms with Crippen LogP contribution in [0.4, 0.5) is 5.95 Å². The Morgan fingerprint density at radius 2 is 1.84 bits per heavy atom. The molecule has 7 nitrogen and oxygen atoms in total. The number of aryl methyl sites for hydroxylation is 1. The lowest BCUT2D eigenvalue weighted by Gasteiger charge is -2.09. The molecule has 0 atom stereocenters. The van der Waals surface area contributed by atoms with E-state index in [9.17, 15) is 0 Å². The Balaban J connectivity index is 2.19. The Labute approximate surface area is 110 Å². The lowest BCUT2D eigenvalue weighted by molar-refractivity contribution is 0.219. The van der Waals surface area contributed by atoms with Crippen molar-refractivity contribution in [3.63, 3.8) is 0 Å². The molecule has 2 heterocycles. The van der Waals surface area contributed by atoms with E-state index in [0.717, 1.165) is 5.69 Å². The zero-order chi connectivity index (χ0) is 13.8. The summed E-state index contributed by atoms with van der Waals surface area (Å²) in [6.45, 7) is 5.62. The highest BCUT2D eigenvalue weighted by Gasteiger charge is 2.09. The summed E-state index contributed by atoms with van der Waals surface area (Å²) < 4.78 is 10.8. The van der Waals surface area contributed by atoms with Gasteiger partial charge in [0, 0.05) is 5.69 Å².